The predicted molar refractivity (Wildman–Crippen MR) is 77.9 cm³/mol. The van der Waals surface area contributed by atoms with Gasteiger partial charge in [-0.25, -0.2) is 0 Å². The molecule has 0 aliphatic rings. The molecule has 0 amide bonds. The lowest BCUT2D eigenvalue weighted by Gasteiger charge is -2.06. The van der Waals surface area contributed by atoms with Gasteiger partial charge in [-0.1, -0.05) is 44.5 Å². The lowest BCUT2D eigenvalue weighted by atomic mass is 10.1. The highest BCUT2D eigenvalue weighted by Crippen LogP contribution is 2.06. The first kappa shape index (κ1) is 15.2. The summed E-state index contributed by atoms with van der Waals surface area (Å²) in [6, 6.07) is 8.79. The Hall–Kier alpha value is -0.860. The first-order valence-corrected chi connectivity index (χ1v) is 7.23. The number of nitrogens with one attached hydrogen (secondary N) is 1. The van der Waals surface area contributed by atoms with Gasteiger partial charge < -0.3 is 10.1 Å². The maximum atomic E-state index is 5.60. The van der Waals surface area contributed by atoms with Gasteiger partial charge in [-0.05, 0) is 43.5 Å². The highest BCUT2D eigenvalue weighted by molar-refractivity contribution is 5.22. The van der Waals surface area contributed by atoms with E-state index in [1.54, 1.807) is 0 Å². The minimum absolute atomic E-state index is 0.744. The molecule has 0 atom stereocenters. The maximum Gasteiger partial charge on any atom is 0.0716 e. The van der Waals surface area contributed by atoms with Gasteiger partial charge in [-0.2, -0.15) is 0 Å². The molecule has 0 unspecified atom stereocenters. The average Bonchev–Trinajstić information content (AvgIpc) is 2.41. The summed E-state index contributed by atoms with van der Waals surface area (Å²) in [5.41, 5.74) is 2.67. The number of hydrogen-bond donors (Lipinski definition) is 1. The van der Waals surface area contributed by atoms with Gasteiger partial charge in [0.15, 0.2) is 0 Å². The molecule has 1 aromatic carbocycles. The van der Waals surface area contributed by atoms with Crippen molar-refractivity contribution in [2.75, 3.05) is 19.7 Å². The fourth-order valence-corrected chi connectivity index (χ4v) is 1.77. The summed E-state index contributed by atoms with van der Waals surface area (Å²) in [7, 11) is 0. The second-order valence-electron chi connectivity index (χ2n) is 4.72. The smallest absolute Gasteiger partial charge is 0.0716 e. The van der Waals surface area contributed by atoms with Crippen LogP contribution in [0.1, 0.15) is 44.2 Å². The van der Waals surface area contributed by atoms with Gasteiger partial charge in [0.05, 0.1) is 6.61 Å². The molecule has 0 spiro atoms. The van der Waals surface area contributed by atoms with E-state index in [1.165, 1.54) is 24.0 Å². The Morgan fingerprint density at radius 2 is 1.67 bits per heavy atom. The fourth-order valence-electron chi connectivity index (χ4n) is 1.77. The zero-order valence-corrected chi connectivity index (χ0v) is 11.9. The molecular formula is C16H27NO. The van der Waals surface area contributed by atoms with Crippen molar-refractivity contribution in [2.45, 2.75) is 46.1 Å². The molecule has 0 aliphatic carbocycles. The molecule has 0 fully saturated rings. The predicted octanol–water partition coefficient (Wildman–Crippen LogP) is 3.55. The highest BCUT2D eigenvalue weighted by atomic mass is 16.5. The summed E-state index contributed by atoms with van der Waals surface area (Å²) in [5.74, 6) is 0. The van der Waals surface area contributed by atoms with E-state index in [0.29, 0.717) is 0 Å². The number of rotatable bonds is 10. The van der Waals surface area contributed by atoms with E-state index < -0.39 is 0 Å². The van der Waals surface area contributed by atoms with Crippen LogP contribution in [-0.2, 0) is 17.8 Å². The van der Waals surface area contributed by atoms with Crippen molar-refractivity contribution >= 4 is 0 Å². The van der Waals surface area contributed by atoms with Crippen molar-refractivity contribution in [3.05, 3.63) is 35.4 Å². The first-order chi connectivity index (χ1) is 8.86. The van der Waals surface area contributed by atoms with E-state index in [4.69, 9.17) is 4.74 Å². The van der Waals surface area contributed by atoms with Crippen molar-refractivity contribution in [1.82, 2.24) is 5.32 Å². The summed E-state index contributed by atoms with van der Waals surface area (Å²) in [4.78, 5) is 0. The van der Waals surface area contributed by atoms with Gasteiger partial charge in [0.1, 0.15) is 0 Å². The quantitative estimate of drug-likeness (QED) is 0.640. The molecule has 1 N–H and O–H groups in total. The Morgan fingerprint density at radius 3 is 2.33 bits per heavy atom. The molecule has 18 heavy (non-hydrogen) atoms. The van der Waals surface area contributed by atoms with E-state index >= 15 is 0 Å². The van der Waals surface area contributed by atoms with Crippen LogP contribution in [0, 0.1) is 0 Å². The molecule has 1 aromatic rings. The number of benzene rings is 1. The molecule has 0 bridgehead atoms. The van der Waals surface area contributed by atoms with E-state index in [1.807, 2.05) is 0 Å². The van der Waals surface area contributed by atoms with Gasteiger partial charge in [-0.3, -0.25) is 0 Å². The molecule has 2 nitrogen and oxygen atoms in total. The van der Waals surface area contributed by atoms with Gasteiger partial charge >= 0.3 is 0 Å². The maximum absolute atomic E-state index is 5.60. The number of hydrogen-bond acceptors (Lipinski definition) is 2. The lowest BCUT2D eigenvalue weighted by molar-refractivity contribution is 0.118. The van der Waals surface area contributed by atoms with Crippen LogP contribution in [0.2, 0.25) is 0 Å². The molecule has 0 radical (unpaired) electrons. The molecule has 0 saturated carbocycles. The third-order valence-corrected chi connectivity index (χ3v) is 2.95. The second-order valence-corrected chi connectivity index (χ2v) is 4.72. The van der Waals surface area contributed by atoms with Crippen molar-refractivity contribution in [3.63, 3.8) is 0 Å². The largest absolute Gasteiger partial charge is 0.377 e. The Labute approximate surface area is 112 Å². The van der Waals surface area contributed by atoms with E-state index in [9.17, 15) is 0 Å². The number of unbranched alkanes of at least 4 members (excludes halogenated alkanes) is 1. The van der Waals surface area contributed by atoms with Crippen LogP contribution < -0.4 is 5.32 Å². The van der Waals surface area contributed by atoms with Crippen LogP contribution in [0.15, 0.2) is 24.3 Å². The van der Waals surface area contributed by atoms with Crippen LogP contribution in [0.3, 0.4) is 0 Å². The Balaban J connectivity index is 2.20. The number of ether oxygens (including phenoxy) is 1. The molecule has 0 aliphatic heterocycles. The average molecular weight is 249 g/mol. The van der Waals surface area contributed by atoms with Gasteiger partial charge in [0.2, 0.25) is 0 Å². The van der Waals surface area contributed by atoms with Crippen LogP contribution in [0.25, 0.3) is 0 Å². The third kappa shape index (κ3) is 6.77. The van der Waals surface area contributed by atoms with E-state index in [2.05, 4.69) is 43.4 Å². The van der Waals surface area contributed by atoms with Crippen LogP contribution >= 0.6 is 0 Å². The normalized spacial score (nSPS) is 10.8. The second kappa shape index (κ2) is 10.1. The fraction of sp³-hybridized carbons (Fsp3) is 0.625. The van der Waals surface area contributed by atoms with Gasteiger partial charge in [0, 0.05) is 6.61 Å². The standard InChI is InChI=1S/C16H27NO/c1-3-5-13-18-14-16-8-6-15(7-9-16)10-12-17-11-4-2/h6-9,17H,3-5,10-14H2,1-2H3. The van der Waals surface area contributed by atoms with Gasteiger partial charge in [-0.15, -0.1) is 0 Å². The zero-order chi connectivity index (χ0) is 13.1. The van der Waals surface area contributed by atoms with Crippen molar-refractivity contribution in [2.24, 2.45) is 0 Å². The topological polar surface area (TPSA) is 21.3 Å². The summed E-state index contributed by atoms with van der Waals surface area (Å²) in [5, 5.41) is 3.42. The zero-order valence-electron chi connectivity index (χ0n) is 11.9. The summed E-state index contributed by atoms with van der Waals surface area (Å²) in [6.07, 6.45) is 4.66. The van der Waals surface area contributed by atoms with Crippen molar-refractivity contribution < 1.29 is 4.74 Å². The van der Waals surface area contributed by atoms with E-state index in [-0.39, 0.29) is 0 Å². The van der Waals surface area contributed by atoms with Crippen molar-refractivity contribution in [3.8, 4) is 0 Å². The molecule has 102 valence electrons. The monoisotopic (exact) mass is 249 g/mol. The molecule has 0 aromatic heterocycles. The summed E-state index contributed by atoms with van der Waals surface area (Å²) in [6.45, 7) is 8.18. The Morgan fingerprint density at radius 1 is 0.944 bits per heavy atom. The first-order valence-electron chi connectivity index (χ1n) is 7.23. The van der Waals surface area contributed by atoms with E-state index in [0.717, 1.165) is 39.1 Å². The molecule has 0 heterocycles. The minimum Gasteiger partial charge on any atom is -0.377 e. The Kier molecular flexibility index (Phi) is 8.53. The lowest BCUT2D eigenvalue weighted by Crippen LogP contribution is -2.17. The molecule has 0 saturated heterocycles. The minimum atomic E-state index is 0.744. The third-order valence-electron chi connectivity index (χ3n) is 2.95. The molecule has 1 rings (SSSR count). The molecule has 2 heteroatoms. The van der Waals surface area contributed by atoms with Crippen molar-refractivity contribution in [1.29, 1.82) is 0 Å². The molecular weight excluding hydrogens is 222 g/mol. The highest BCUT2D eigenvalue weighted by Gasteiger charge is 1.96. The summed E-state index contributed by atoms with van der Waals surface area (Å²) < 4.78 is 5.60. The van der Waals surface area contributed by atoms with Crippen LogP contribution in [0.5, 0.6) is 0 Å². The van der Waals surface area contributed by atoms with Crippen LogP contribution in [-0.4, -0.2) is 19.7 Å². The Bertz CT molecular complexity index is 263. The van der Waals surface area contributed by atoms with Crippen LogP contribution in [0.4, 0.5) is 0 Å². The van der Waals surface area contributed by atoms with Gasteiger partial charge in [0.25, 0.3) is 0 Å². The SMILES string of the molecule is CCCCOCc1ccc(CCNCCC)cc1. The summed E-state index contributed by atoms with van der Waals surface area (Å²) >= 11 is 0.